The number of carbonyl (C=O) groups is 2. The van der Waals surface area contributed by atoms with Gasteiger partial charge in [-0.1, -0.05) is 86.3 Å². The van der Waals surface area contributed by atoms with Crippen molar-refractivity contribution in [1.29, 1.82) is 0 Å². The molecule has 306 valence electrons. The summed E-state index contributed by atoms with van der Waals surface area (Å²) in [5.41, 5.74) is 11.6. The maximum Gasteiger partial charge on any atom is 0.311 e. The fourth-order valence-electron chi connectivity index (χ4n) is 8.98. The van der Waals surface area contributed by atoms with E-state index in [0.29, 0.717) is 48.1 Å². The van der Waals surface area contributed by atoms with Gasteiger partial charge in [-0.3, -0.25) is 19.0 Å². The Bertz CT molecular complexity index is 2610. The predicted molar refractivity (Wildman–Crippen MR) is 232 cm³/mol. The number of aromatic nitrogens is 4. The monoisotopic (exact) mass is 794 g/mol. The first-order chi connectivity index (χ1) is 28.4. The molecule has 2 aliphatic carbocycles. The van der Waals surface area contributed by atoms with E-state index in [0.717, 1.165) is 107 Å². The number of hydrogen-bond acceptors (Lipinski definition) is 7. The van der Waals surface area contributed by atoms with Crippen LogP contribution < -0.4 is 5.56 Å². The van der Waals surface area contributed by atoms with E-state index >= 15 is 0 Å². The Morgan fingerprint density at radius 1 is 0.661 bits per heavy atom. The molecule has 0 bridgehead atoms. The number of aryl methyl sites for hydroxylation is 7. The molecule has 8 rings (SSSR count). The highest BCUT2D eigenvalue weighted by molar-refractivity contribution is 5.99. The molecule has 0 amide bonds. The molecule has 2 aliphatic rings. The van der Waals surface area contributed by atoms with Crippen LogP contribution in [0.1, 0.15) is 122 Å². The van der Waals surface area contributed by atoms with Crippen molar-refractivity contribution in [3.8, 4) is 28.1 Å². The summed E-state index contributed by atoms with van der Waals surface area (Å²) in [6.07, 6.45) is 10.5. The van der Waals surface area contributed by atoms with Gasteiger partial charge in [0.25, 0.3) is 5.56 Å². The van der Waals surface area contributed by atoms with Crippen molar-refractivity contribution in [2.45, 2.75) is 117 Å². The van der Waals surface area contributed by atoms with E-state index in [-0.39, 0.29) is 11.4 Å². The minimum atomic E-state index is -0.951. The summed E-state index contributed by atoms with van der Waals surface area (Å²) in [5.74, 6) is -3.78. The summed E-state index contributed by atoms with van der Waals surface area (Å²) < 4.78 is 1.54. The predicted octanol–water partition coefficient (Wildman–Crippen LogP) is 9.91. The van der Waals surface area contributed by atoms with E-state index in [1.165, 1.54) is 11.1 Å². The van der Waals surface area contributed by atoms with Crippen molar-refractivity contribution in [3.63, 3.8) is 0 Å². The minimum absolute atomic E-state index is 0.225. The molecule has 4 aromatic heterocycles. The lowest BCUT2D eigenvalue weighted by Crippen LogP contribution is -2.29. The normalized spacial score (nSPS) is 14.5. The van der Waals surface area contributed by atoms with Crippen LogP contribution in [-0.2, 0) is 42.3 Å². The Morgan fingerprint density at radius 3 is 1.63 bits per heavy atom. The number of pyridine rings is 4. The number of carboxylic acids is 2. The van der Waals surface area contributed by atoms with Crippen molar-refractivity contribution in [2.24, 2.45) is 7.05 Å². The van der Waals surface area contributed by atoms with Gasteiger partial charge in [0, 0.05) is 51.5 Å². The summed E-state index contributed by atoms with van der Waals surface area (Å²) in [6, 6.07) is 20.2. The lowest BCUT2D eigenvalue weighted by Gasteiger charge is -2.22. The van der Waals surface area contributed by atoms with Gasteiger partial charge in [-0.2, -0.15) is 4.98 Å². The highest BCUT2D eigenvalue weighted by Gasteiger charge is 2.31. The van der Waals surface area contributed by atoms with Crippen molar-refractivity contribution in [1.82, 2.24) is 19.5 Å². The van der Waals surface area contributed by atoms with Crippen LogP contribution in [0.25, 0.3) is 44.3 Å². The average Bonchev–Trinajstić information content (AvgIpc) is 3.22. The first kappa shape index (κ1) is 41.3. The Kier molecular flexibility index (Phi) is 12.3. The molecule has 59 heavy (non-hydrogen) atoms. The van der Waals surface area contributed by atoms with E-state index in [2.05, 4.69) is 17.1 Å². The van der Waals surface area contributed by atoms with Gasteiger partial charge in [-0.05, 0) is 112 Å². The van der Waals surface area contributed by atoms with Crippen LogP contribution in [0, 0.1) is 13.8 Å². The van der Waals surface area contributed by atoms with E-state index in [1.807, 2.05) is 76.2 Å². The number of fused-ring (bicyclic) bond motifs is 4. The number of hydrogen-bond donors (Lipinski definition) is 3. The van der Waals surface area contributed by atoms with Gasteiger partial charge in [0.1, 0.15) is 5.65 Å². The first-order valence-electron chi connectivity index (χ1n) is 21.1. The summed E-state index contributed by atoms with van der Waals surface area (Å²) in [6.45, 7) is 7.93. The average molecular weight is 795 g/mol. The van der Waals surface area contributed by atoms with Crippen LogP contribution in [0.3, 0.4) is 0 Å². The van der Waals surface area contributed by atoms with Gasteiger partial charge in [0.15, 0.2) is 5.65 Å². The maximum absolute atomic E-state index is 13.5. The quantitative estimate of drug-likeness (QED) is 0.123. The minimum Gasteiger partial charge on any atom is -0.493 e. The van der Waals surface area contributed by atoms with Crippen LogP contribution in [0.15, 0.2) is 65.5 Å². The molecule has 2 aromatic carbocycles. The molecule has 10 heteroatoms. The zero-order valence-corrected chi connectivity index (χ0v) is 34.8. The summed E-state index contributed by atoms with van der Waals surface area (Å²) in [4.78, 5) is 51.8. The zero-order chi connectivity index (χ0) is 42.0. The van der Waals surface area contributed by atoms with Gasteiger partial charge < -0.3 is 15.3 Å². The molecule has 4 heterocycles. The number of aromatic hydroxyl groups is 1. The zero-order valence-electron chi connectivity index (χ0n) is 34.8. The number of rotatable bonds is 10. The van der Waals surface area contributed by atoms with Crippen LogP contribution in [0.2, 0.25) is 0 Å². The molecule has 0 radical (unpaired) electrons. The van der Waals surface area contributed by atoms with Gasteiger partial charge >= 0.3 is 11.9 Å². The Balaban J connectivity index is 0.000000179. The Labute approximate surface area is 345 Å². The van der Waals surface area contributed by atoms with Crippen LogP contribution in [0.4, 0.5) is 0 Å². The lowest BCUT2D eigenvalue weighted by atomic mass is 9.85. The number of aliphatic carboxylic acids is 2. The fraction of sp³-hybridized carbons (Fsp3) is 0.388. The molecule has 2 atom stereocenters. The maximum atomic E-state index is 13.5. The van der Waals surface area contributed by atoms with Crippen LogP contribution in [0.5, 0.6) is 5.88 Å². The van der Waals surface area contributed by atoms with E-state index in [9.17, 15) is 29.7 Å². The smallest absolute Gasteiger partial charge is 0.311 e. The third kappa shape index (κ3) is 8.22. The number of nitrogens with zero attached hydrogens (tertiary/aromatic N) is 4. The largest absolute Gasteiger partial charge is 0.493 e. The molecule has 3 N–H and O–H groups in total. The first-order valence-corrected chi connectivity index (χ1v) is 21.1. The second-order valence-corrected chi connectivity index (χ2v) is 16.3. The van der Waals surface area contributed by atoms with Crippen molar-refractivity contribution >= 4 is 34.0 Å². The topological polar surface area (TPSA) is 156 Å². The third-order valence-corrected chi connectivity index (χ3v) is 12.1. The molecule has 0 saturated heterocycles. The fourth-order valence-corrected chi connectivity index (χ4v) is 8.98. The van der Waals surface area contributed by atoms with Crippen molar-refractivity contribution < 1.29 is 24.9 Å². The van der Waals surface area contributed by atoms with E-state index in [1.54, 1.807) is 11.6 Å². The van der Waals surface area contributed by atoms with Crippen LogP contribution in [-0.4, -0.2) is 46.8 Å². The van der Waals surface area contributed by atoms with Crippen LogP contribution >= 0.6 is 0 Å². The number of carboxylic acid groups (broad SMARTS) is 2. The Morgan fingerprint density at radius 2 is 1.12 bits per heavy atom. The molecular weight excluding hydrogens is 741 g/mol. The highest BCUT2D eigenvalue weighted by atomic mass is 16.4. The van der Waals surface area contributed by atoms with Gasteiger partial charge in [-0.15, -0.1) is 0 Å². The van der Waals surface area contributed by atoms with E-state index < -0.39 is 23.8 Å². The van der Waals surface area contributed by atoms with Gasteiger partial charge in [0.05, 0.1) is 11.8 Å². The number of benzene rings is 2. The van der Waals surface area contributed by atoms with Gasteiger partial charge in [0.2, 0.25) is 5.88 Å². The molecule has 0 saturated carbocycles. The SMILES string of the molecule is CCCC(C(=O)O)c1c(-c2ccc(C)cc2)c2cc3c(nc2n(C)c1=O)CCCC3.CCCC(C(=O)O)c1c(O)nc2nc3c(cc2c1-c1ccc(C)cc1)CCCC3. The molecule has 2 unspecified atom stereocenters. The molecule has 0 spiro atoms. The summed E-state index contributed by atoms with van der Waals surface area (Å²) in [5, 5.41) is 32.4. The van der Waals surface area contributed by atoms with E-state index in [4.69, 9.17) is 9.97 Å². The third-order valence-electron chi connectivity index (χ3n) is 12.1. The standard InChI is InChI=1S/C25H28N2O3.C24H26N2O3/c1-4-7-18(25(29)30)22-21(16-12-10-15(2)11-13-16)19-14-17-8-5-6-9-20(17)26-23(19)27(3)24(22)28;1-3-6-17(24(28)29)21-20(15-11-9-14(2)10-12-15)18-13-16-7-4-5-8-19(16)25-22(18)26-23(21)27/h10-14,18H,4-9H2,1-3H3,(H,29,30);9-13,17H,3-8H2,1-2H3,(H,28,29)(H,25,26,27). The van der Waals surface area contributed by atoms with Crippen molar-refractivity contribution in [3.05, 3.63) is 116 Å². The molecule has 6 aromatic rings. The second kappa shape index (κ2) is 17.5. The Hall–Kier alpha value is -5.90. The van der Waals surface area contributed by atoms with Gasteiger partial charge in [-0.25, -0.2) is 9.97 Å². The molecule has 0 aliphatic heterocycles. The molecule has 0 fully saturated rings. The molecular formula is C49H54N4O6. The molecule has 10 nitrogen and oxygen atoms in total. The summed E-state index contributed by atoms with van der Waals surface area (Å²) in [7, 11) is 1.71. The summed E-state index contributed by atoms with van der Waals surface area (Å²) >= 11 is 0. The lowest BCUT2D eigenvalue weighted by molar-refractivity contribution is -0.140. The van der Waals surface area contributed by atoms with Crippen molar-refractivity contribution in [2.75, 3.05) is 0 Å². The second-order valence-electron chi connectivity index (χ2n) is 16.3. The highest BCUT2D eigenvalue weighted by Crippen LogP contribution is 2.43.